The maximum absolute atomic E-state index is 13.6. The van der Waals surface area contributed by atoms with Gasteiger partial charge in [0.15, 0.2) is 0 Å². The van der Waals surface area contributed by atoms with Gasteiger partial charge in [-0.1, -0.05) is 11.8 Å². The third kappa shape index (κ3) is 3.89. The van der Waals surface area contributed by atoms with Crippen molar-refractivity contribution in [1.82, 2.24) is 10.2 Å². The Bertz CT molecular complexity index is 823. The molecule has 0 N–H and O–H groups in total. The van der Waals surface area contributed by atoms with Crippen LogP contribution in [0.1, 0.15) is 5.56 Å². The lowest BCUT2D eigenvalue weighted by Crippen LogP contribution is -1.92. The first-order chi connectivity index (χ1) is 11.7. The number of nitrogens with zero attached hydrogens (tertiary/aromatic N) is 2. The third-order valence-corrected chi connectivity index (χ3v) is 4.38. The van der Waals surface area contributed by atoms with Gasteiger partial charge >= 0.3 is 0 Å². The lowest BCUT2D eigenvalue weighted by molar-refractivity contribution is 0.415. The number of benzene rings is 2. The van der Waals surface area contributed by atoms with Crippen LogP contribution in [0.25, 0.3) is 11.3 Å². The highest BCUT2D eigenvalue weighted by Crippen LogP contribution is 2.25. The number of thioether (sulfide) groups is 1. The fourth-order valence-electron chi connectivity index (χ4n) is 2.12. The number of ether oxygens (including phenoxy) is 1. The number of halogens is 2. The van der Waals surface area contributed by atoms with Crippen LogP contribution < -0.4 is 4.74 Å². The molecule has 3 aromatic rings. The maximum Gasteiger partial charge on any atom is 0.127 e. The second-order valence-electron chi connectivity index (χ2n) is 5.01. The van der Waals surface area contributed by atoms with E-state index < -0.39 is 11.6 Å². The Morgan fingerprint density at radius 2 is 1.75 bits per heavy atom. The molecule has 0 spiro atoms. The molecule has 0 aliphatic heterocycles. The van der Waals surface area contributed by atoms with Crippen molar-refractivity contribution in [3.8, 4) is 17.0 Å². The smallest absolute Gasteiger partial charge is 0.127 e. The summed E-state index contributed by atoms with van der Waals surface area (Å²) in [7, 11) is 1.61. The molecule has 122 valence electrons. The summed E-state index contributed by atoms with van der Waals surface area (Å²) in [5.74, 6) is 0.191. The van der Waals surface area contributed by atoms with Gasteiger partial charge in [-0.3, -0.25) is 0 Å². The molecule has 0 aliphatic carbocycles. The molecule has 0 fully saturated rings. The van der Waals surface area contributed by atoms with E-state index >= 15 is 0 Å². The van der Waals surface area contributed by atoms with Crippen molar-refractivity contribution in [2.45, 2.75) is 10.8 Å². The summed E-state index contributed by atoms with van der Waals surface area (Å²) in [6, 6.07) is 14.6. The van der Waals surface area contributed by atoms with Crippen LogP contribution in [0, 0.1) is 11.6 Å². The van der Waals surface area contributed by atoms with Crippen molar-refractivity contribution in [1.29, 1.82) is 0 Å². The summed E-state index contributed by atoms with van der Waals surface area (Å²) in [5, 5.41) is 8.96. The Morgan fingerprint density at radius 1 is 0.958 bits per heavy atom. The van der Waals surface area contributed by atoms with Gasteiger partial charge in [0, 0.05) is 16.9 Å². The number of rotatable bonds is 5. The molecule has 6 heteroatoms. The molecule has 0 amide bonds. The predicted molar refractivity (Wildman–Crippen MR) is 89.9 cm³/mol. The number of aromatic nitrogens is 2. The minimum absolute atomic E-state index is 0.292. The highest BCUT2D eigenvalue weighted by molar-refractivity contribution is 7.98. The van der Waals surface area contributed by atoms with Gasteiger partial charge in [-0.25, -0.2) is 8.78 Å². The van der Waals surface area contributed by atoms with Crippen LogP contribution >= 0.6 is 11.8 Å². The van der Waals surface area contributed by atoms with E-state index in [2.05, 4.69) is 10.2 Å². The highest BCUT2D eigenvalue weighted by atomic mass is 32.2. The van der Waals surface area contributed by atoms with Crippen LogP contribution in [-0.4, -0.2) is 17.3 Å². The average molecular weight is 344 g/mol. The Labute approximate surface area is 142 Å². The zero-order valence-electron chi connectivity index (χ0n) is 12.9. The lowest BCUT2D eigenvalue weighted by Gasteiger charge is -2.05. The zero-order valence-corrected chi connectivity index (χ0v) is 13.7. The van der Waals surface area contributed by atoms with Crippen molar-refractivity contribution in [2.24, 2.45) is 0 Å². The second-order valence-corrected chi connectivity index (χ2v) is 6.01. The summed E-state index contributed by atoms with van der Waals surface area (Å²) >= 11 is 1.31. The Hall–Kier alpha value is -2.47. The molecule has 3 rings (SSSR count). The fraction of sp³-hybridized carbons (Fsp3) is 0.111. The minimum atomic E-state index is -0.451. The van der Waals surface area contributed by atoms with Crippen molar-refractivity contribution < 1.29 is 13.5 Å². The first kappa shape index (κ1) is 16.4. The molecular formula is C18H14F2N2OS. The van der Waals surface area contributed by atoms with E-state index in [1.807, 2.05) is 36.4 Å². The molecule has 1 aromatic heterocycles. The lowest BCUT2D eigenvalue weighted by atomic mass is 10.1. The quantitative estimate of drug-likeness (QED) is 0.627. The molecule has 0 saturated heterocycles. The molecule has 2 aromatic carbocycles. The van der Waals surface area contributed by atoms with Gasteiger partial charge in [-0.2, -0.15) is 0 Å². The average Bonchev–Trinajstić information content (AvgIpc) is 2.63. The van der Waals surface area contributed by atoms with Gasteiger partial charge in [0.05, 0.1) is 12.8 Å². The van der Waals surface area contributed by atoms with Crippen LogP contribution in [0.2, 0.25) is 0 Å². The molecule has 3 nitrogen and oxygen atoms in total. The number of hydrogen-bond acceptors (Lipinski definition) is 4. The topological polar surface area (TPSA) is 35.0 Å². The third-order valence-electron chi connectivity index (χ3n) is 3.41. The van der Waals surface area contributed by atoms with Crippen LogP contribution in [0.5, 0.6) is 5.75 Å². The predicted octanol–water partition coefficient (Wildman–Crippen LogP) is 4.72. The van der Waals surface area contributed by atoms with Crippen molar-refractivity contribution in [3.63, 3.8) is 0 Å². The highest BCUT2D eigenvalue weighted by Gasteiger charge is 2.07. The fourth-order valence-corrected chi connectivity index (χ4v) is 2.91. The number of methoxy groups -OCH3 is 1. The molecule has 24 heavy (non-hydrogen) atoms. The van der Waals surface area contributed by atoms with E-state index in [-0.39, 0.29) is 0 Å². The van der Waals surface area contributed by atoms with Crippen LogP contribution in [0.15, 0.2) is 59.6 Å². The monoisotopic (exact) mass is 344 g/mol. The Balaban J connectivity index is 1.69. The van der Waals surface area contributed by atoms with E-state index in [0.717, 1.165) is 29.1 Å². The zero-order chi connectivity index (χ0) is 16.9. The summed E-state index contributed by atoms with van der Waals surface area (Å²) in [4.78, 5) is 0. The van der Waals surface area contributed by atoms with E-state index in [1.165, 1.54) is 17.8 Å². The molecule has 0 radical (unpaired) electrons. The van der Waals surface area contributed by atoms with Gasteiger partial charge < -0.3 is 4.74 Å². The molecule has 0 bridgehead atoms. The van der Waals surface area contributed by atoms with Crippen LogP contribution in [0.4, 0.5) is 8.78 Å². The van der Waals surface area contributed by atoms with Gasteiger partial charge in [0.2, 0.25) is 0 Å². The Morgan fingerprint density at radius 3 is 2.42 bits per heavy atom. The molecular weight excluding hydrogens is 330 g/mol. The standard InChI is InChI=1S/C18H14F2N2OS/c1-23-15-5-2-12(3-6-15)17-8-9-18(22-21-17)24-11-13-10-14(19)4-7-16(13)20/h2-10H,11H2,1H3. The summed E-state index contributed by atoms with van der Waals surface area (Å²) in [6.07, 6.45) is 0. The van der Waals surface area contributed by atoms with Gasteiger partial charge in [0.1, 0.15) is 22.4 Å². The van der Waals surface area contributed by atoms with Crippen LogP contribution in [0.3, 0.4) is 0 Å². The maximum atomic E-state index is 13.6. The molecule has 0 aliphatic rings. The first-order valence-electron chi connectivity index (χ1n) is 7.20. The molecule has 0 atom stereocenters. The molecule has 1 heterocycles. The molecule has 0 saturated carbocycles. The SMILES string of the molecule is COc1ccc(-c2ccc(SCc3cc(F)ccc3F)nn2)cc1. The molecule has 0 unspecified atom stereocenters. The summed E-state index contributed by atoms with van der Waals surface area (Å²) in [6.45, 7) is 0. The Kier molecular flexibility index (Phi) is 5.05. The number of hydrogen-bond donors (Lipinski definition) is 0. The van der Waals surface area contributed by atoms with Gasteiger partial charge in [-0.05, 0) is 54.6 Å². The normalized spacial score (nSPS) is 10.6. The van der Waals surface area contributed by atoms with Crippen molar-refractivity contribution >= 4 is 11.8 Å². The van der Waals surface area contributed by atoms with Crippen LogP contribution in [-0.2, 0) is 5.75 Å². The van der Waals surface area contributed by atoms with E-state index in [4.69, 9.17) is 4.74 Å². The minimum Gasteiger partial charge on any atom is -0.497 e. The van der Waals surface area contributed by atoms with E-state index in [9.17, 15) is 8.78 Å². The van der Waals surface area contributed by atoms with E-state index in [0.29, 0.717) is 16.3 Å². The van der Waals surface area contributed by atoms with Gasteiger partial charge in [0.25, 0.3) is 0 Å². The second kappa shape index (κ2) is 7.40. The summed E-state index contributed by atoms with van der Waals surface area (Å²) < 4.78 is 31.9. The largest absolute Gasteiger partial charge is 0.497 e. The first-order valence-corrected chi connectivity index (χ1v) is 8.19. The summed E-state index contributed by atoms with van der Waals surface area (Å²) in [5.41, 5.74) is 1.97. The van der Waals surface area contributed by atoms with E-state index in [1.54, 1.807) is 7.11 Å². The van der Waals surface area contributed by atoms with Gasteiger partial charge in [-0.15, -0.1) is 10.2 Å². The van der Waals surface area contributed by atoms with Crippen molar-refractivity contribution in [2.75, 3.05) is 7.11 Å². The van der Waals surface area contributed by atoms with Crippen molar-refractivity contribution in [3.05, 3.63) is 71.8 Å².